The predicted molar refractivity (Wildman–Crippen MR) is 69.7 cm³/mol. The first kappa shape index (κ1) is 18.4. The highest BCUT2D eigenvalue weighted by Crippen LogP contribution is 2.25. The summed E-state index contributed by atoms with van der Waals surface area (Å²) in [5.41, 5.74) is 0. The zero-order valence-corrected chi connectivity index (χ0v) is 12.7. The van der Waals surface area contributed by atoms with E-state index in [-0.39, 0.29) is 0 Å². The van der Waals surface area contributed by atoms with Gasteiger partial charge in [0.1, 0.15) is 13.2 Å². The zero-order valence-electron chi connectivity index (χ0n) is 11.8. The lowest BCUT2D eigenvalue weighted by Gasteiger charge is -1.97. The molecule has 0 heterocycles. The topological polar surface area (TPSA) is 35.5 Å². The van der Waals surface area contributed by atoms with Crippen molar-refractivity contribution >= 4 is 8.25 Å². The SMILES string of the molecule is CC(C)C.CC(C)CO[P+](=O)OCC(C)C. The van der Waals surface area contributed by atoms with Gasteiger partial charge < -0.3 is 0 Å². The Morgan fingerprint density at radius 2 is 1.06 bits per heavy atom. The Bertz CT molecular complexity index is 151. The van der Waals surface area contributed by atoms with E-state index in [4.69, 9.17) is 9.05 Å². The Labute approximate surface area is 102 Å². The van der Waals surface area contributed by atoms with Gasteiger partial charge in [0.25, 0.3) is 0 Å². The van der Waals surface area contributed by atoms with Gasteiger partial charge in [0.2, 0.25) is 0 Å². The fourth-order valence-electron chi connectivity index (χ4n) is 0.457. The van der Waals surface area contributed by atoms with Crippen LogP contribution in [0.15, 0.2) is 0 Å². The average Bonchev–Trinajstić information content (AvgIpc) is 2.10. The van der Waals surface area contributed by atoms with Crippen molar-refractivity contribution in [2.45, 2.75) is 48.5 Å². The lowest BCUT2D eigenvalue weighted by Crippen LogP contribution is -2.00. The average molecular weight is 251 g/mol. The Morgan fingerprint density at radius 1 is 0.812 bits per heavy atom. The molecule has 0 spiro atoms. The molecule has 3 nitrogen and oxygen atoms in total. The van der Waals surface area contributed by atoms with Crippen molar-refractivity contribution in [1.82, 2.24) is 0 Å². The second kappa shape index (κ2) is 11.5. The highest BCUT2D eigenvalue weighted by molar-refractivity contribution is 7.33. The van der Waals surface area contributed by atoms with Crippen LogP contribution in [0.4, 0.5) is 0 Å². The summed E-state index contributed by atoms with van der Waals surface area (Å²) in [7, 11) is -1.90. The molecule has 0 atom stereocenters. The summed E-state index contributed by atoms with van der Waals surface area (Å²) < 4.78 is 20.8. The third-order valence-corrected chi connectivity index (χ3v) is 1.75. The van der Waals surface area contributed by atoms with E-state index >= 15 is 0 Å². The molecular formula is C12H28O3P+. The van der Waals surface area contributed by atoms with Crippen molar-refractivity contribution in [1.29, 1.82) is 0 Å². The number of rotatable bonds is 6. The molecule has 0 N–H and O–H groups in total. The minimum Gasteiger partial charge on any atom is -0.119 e. The fourth-order valence-corrected chi connectivity index (χ4v) is 1.37. The largest absolute Gasteiger partial charge is 0.697 e. The van der Waals surface area contributed by atoms with Crippen LogP contribution in [-0.2, 0) is 13.6 Å². The van der Waals surface area contributed by atoms with Gasteiger partial charge in [-0.05, 0) is 17.8 Å². The summed E-state index contributed by atoms with van der Waals surface area (Å²) in [4.78, 5) is 0. The molecule has 0 saturated carbocycles. The second-order valence-electron chi connectivity index (χ2n) is 5.33. The molecule has 0 bridgehead atoms. The van der Waals surface area contributed by atoms with Crippen molar-refractivity contribution in [3.05, 3.63) is 0 Å². The van der Waals surface area contributed by atoms with Crippen LogP contribution in [0.1, 0.15) is 48.5 Å². The van der Waals surface area contributed by atoms with Crippen molar-refractivity contribution < 1.29 is 13.6 Å². The minimum atomic E-state index is -1.90. The maximum Gasteiger partial charge on any atom is 0.697 e. The fraction of sp³-hybridized carbons (Fsp3) is 1.00. The molecule has 0 radical (unpaired) electrons. The van der Waals surface area contributed by atoms with E-state index in [1.54, 1.807) is 0 Å². The highest BCUT2D eigenvalue weighted by atomic mass is 31.1. The molecule has 4 heteroatoms. The normalized spacial score (nSPS) is 10.6. The van der Waals surface area contributed by atoms with Crippen LogP contribution in [-0.4, -0.2) is 13.2 Å². The van der Waals surface area contributed by atoms with E-state index in [0.717, 1.165) is 5.92 Å². The molecule has 0 aromatic heterocycles. The standard InChI is InChI=1S/C8H18O3P.C4H10/c1-7(2)5-10-12(9)11-6-8(3)4;1-4(2)3/h7-8H,5-6H2,1-4H3;4H,1-3H3/q+1;. The third kappa shape index (κ3) is 23.7. The molecule has 0 saturated heterocycles. The van der Waals surface area contributed by atoms with Gasteiger partial charge in [-0.15, -0.1) is 9.05 Å². The molecule has 0 rings (SSSR count). The van der Waals surface area contributed by atoms with Gasteiger partial charge in [0, 0.05) is 4.57 Å². The van der Waals surface area contributed by atoms with Crippen LogP contribution < -0.4 is 0 Å². The first-order valence-electron chi connectivity index (χ1n) is 5.98. The van der Waals surface area contributed by atoms with Crippen molar-refractivity contribution in [2.75, 3.05) is 13.2 Å². The van der Waals surface area contributed by atoms with Crippen LogP contribution in [0.25, 0.3) is 0 Å². The van der Waals surface area contributed by atoms with Gasteiger partial charge in [0.15, 0.2) is 0 Å². The first-order valence-corrected chi connectivity index (χ1v) is 7.08. The van der Waals surface area contributed by atoms with Gasteiger partial charge in [-0.3, -0.25) is 0 Å². The van der Waals surface area contributed by atoms with Crippen molar-refractivity contribution in [3.8, 4) is 0 Å². The Kier molecular flexibility index (Phi) is 13.2. The second-order valence-corrected chi connectivity index (χ2v) is 6.30. The smallest absolute Gasteiger partial charge is 0.119 e. The van der Waals surface area contributed by atoms with Crippen molar-refractivity contribution in [3.63, 3.8) is 0 Å². The molecule has 0 aromatic carbocycles. The molecule has 0 aliphatic carbocycles. The molecule has 16 heavy (non-hydrogen) atoms. The van der Waals surface area contributed by atoms with Crippen LogP contribution in [0.3, 0.4) is 0 Å². The van der Waals surface area contributed by atoms with Gasteiger partial charge in [-0.2, -0.15) is 0 Å². The molecule has 0 unspecified atom stereocenters. The van der Waals surface area contributed by atoms with Gasteiger partial charge in [-0.1, -0.05) is 48.5 Å². The highest BCUT2D eigenvalue weighted by Gasteiger charge is 2.20. The lowest BCUT2D eigenvalue weighted by molar-refractivity contribution is 0.192. The quantitative estimate of drug-likeness (QED) is 0.644. The van der Waals surface area contributed by atoms with E-state index in [2.05, 4.69) is 20.8 Å². The summed E-state index contributed by atoms with van der Waals surface area (Å²) >= 11 is 0. The van der Waals surface area contributed by atoms with Gasteiger partial charge in [-0.25, -0.2) is 0 Å². The van der Waals surface area contributed by atoms with Crippen LogP contribution >= 0.6 is 8.25 Å². The molecule has 98 valence electrons. The summed E-state index contributed by atoms with van der Waals surface area (Å²) in [6.45, 7) is 15.5. The van der Waals surface area contributed by atoms with E-state index in [9.17, 15) is 4.57 Å². The maximum absolute atomic E-state index is 11.0. The van der Waals surface area contributed by atoms with Crippen LogP contribution in [0.5, 0.6) is 0 Å². The molecule has 0 fully saturated rings. The predicted octanol–water partition coefficient (Wildman–Crippen LogP) is 4.65. The number of hydrogen-bond acceptors (Lipinski definition) is 3. The molecule has 0 aromatic rings. The summed E-state index contributed by atoms with van der Waals surface area (Å²) in [6, 6.07) is 0. The van der Waals surface area contributed by atoms with Crippen LogP contribution in [0, 0.1) is 17.8 Å². The monoisotopic (exact) mass is 251 g/mol. The summed E-state index contributed by atoms with van der Waals surface area (Å²) in [5.74, 6) is 1.62. The van der Waals surface area contributed by atoms with E-state index in [1.807, 2.05) is 27.7 Å². The molecule has 0 aliphatic heterocycles. The molecule has 0 aliphatic rings. The zero-order chi connectivity index (χ0) is 13.1. The maximum atomic E-state index is 11.0. The molecular weight excluding hydrogens is 223 g/mol. The summed E-state index contributed by atoms with van der Waals surface area (Å²) in [6.07, 6.45) is 0. The lowest BCUT2D eigenvalue weighted by atomic mass is 10.2. The Balaban J connectivity index is 0. The van der Waals surface area contributed by atoms with Crippen molar-refractivity contribution in [2.24, 2.45) is 17.8 Å². The van der Waals surface area contributed by atoms with E-state index in [0.29, 0.717) is 25.0 Å². The van der Waals surface area contributed by atoms with Gasteiger partial charge in [0.05, 0.1) is 0 Å². The minimum absolute atomic E-state index is 0.395. The first-order chi connectivity index (χ1) is 7.25. The third-order valence-electron chi connectivity index (χ3n) is 1.03. The summed E-state index contributed by atoms with van der Waals surface area (Å²) in [5, 5.41) is 0. The Hall–Kier alpha value is 0.0200. The van der Waals surface area contributed by atoms with Crippen LogP contribution in [0.2, 0.25) is 0 Å². The van der Waals surface area contributed by atoms with E-state index in [1.165, 1.54) is 0 Å². The Morgan fingerprint density at radius 3 is 1.25 bits per heavy atom. The molecule has 0 amide bonds. The van der Waals surface area contributed by atoms with Gasteiger partial charge >= 0.3 is 8.25 Å². The number of hydrogen-bond donors (Lipinski definition) is 0. The van der Waals surface area contributed by atoms with E-state index < -0.39 is 8.25 Å².